The molecule has 0 fully saturated rings. The number of hydrogen-bond acceptors (Lipinski definition) is 2. The number of rotatable bonds is 4. The third-order valence-corrected chi connectivity index (χ3v) is 5.85. The van der Waals surface area contributed by atoms with Gasteiger partial charge in [0, 0.05) is 16.0 Å². The van der Waals surface area contributed by atoms with E-state index in [9.17, 15) is 4.21 Å². The molecule has 2 nitrogen and oxygen atoms in total. The third kappa shape index (κ3) is 2.91. The van der Waals surface area contributed by atoms with Gasteiger partial charge in [-0.05, 0) is 42.3 Å². The highest BCUT2D eigenvalue weighted by molar-refractivity contribution is 7.85. The lowest BCUT2D eigenvalue weighted by molar-refractivity contribution is 0.546. The van der Waals surface area contributed by atoms with Crippen molar-refractivity contribution in [2.24, 2.45) is 0 Å². The summed E-state index contributed by atoms with van der Waals surface area (Å²) in [5.74, 6) is 0. The largest absolute Gasteiger partial charge is 0.309 e. The van der Waals surface area contributed by atoms with Gasteiger partial charge in [-0.3, -0.25) is 4.21 Å². The SMILES string of the molecule is CCNC1c2ccccc2CC1S(=O)c1cccc(Cl)c1. The molecule has 3 atom stereocenters. The summed E-state index contributed by atoms with van der Waals surface area (Å²) in [5, 5.41) is 4.18. The zero-order valence-corrected chi connectivity index (χ0v) is 13.5. The fourth-order valence-electron chi connectivity index (χ4n) is 2.99. The molecule has 1 aliphatic carbocycles. The van der Waals surface area contributed by atoms with E-state index in [0.717, 1.165) is 17.9 Å². The Hall–Kier alpha value is -1.16. The van der Waals surface area contributed by atoms with Crippen LogP contribution in [-0.2, 0) is 17.2 Å². The van der Waals surface area contributed by atoms with Crippen LogP contribution in [0.3, 0.4) is 0 Å². The summed E-state index contributed by atoms with van der Waals surface area (Å²) in [5.41, 5.74) is 2.57. The van der Waals surface area contributed by atoms with Gasteiger partial charge >= 0.3 is 0 Å². The van der Waals surface area contributed by atoms with E-state index in [1.165, 1.54) is 11.1 Å². The fourth-order valence-corrected chi connectivity index (χ4v) is 4.87. The topological polar surface area (TPSA) is 29.1 Å². The molecular weight excluding hydrogens is 302 g/mol. The van der Waals surface area contributed by atoms with Crippen molar-refractivity contribution in [2.75, 3.05) is 6.54 Å². The molecule has 110 valence electrons. The minimum atomic E-state index is -1.07. The van der Waals surface area contributed by atoms with Crippen LogP contribution in [0, 0.1) is 0 Å². The molecule has 0 radical (unpaired) electrons. The summed E-state index contributed by atoms with van der Waals surface area (Å²) < 4.78 is 13.0. The number of fused-ring (bicyclic) bond motifs is 1. The maximum Gasteiger partial charge on any atom is 0.0630 e. The molecular formula is C17H18ClNOS. The lowest BCUT2D eigenvalue weighted by atomic mass is 10.1. The number of halogens is 1. The maximum absolute atomic E-state index is 13.0. The Morgan fingerprint density at radius 3 is 2.81 bits per heavy atom. The predicted octanol–water partition coefficient (Wildman–Crippen LogP) is 3.72. The first-order valence-electron chi connectivity index (χ1n) is 7.18. The predicted molar refractivity (Wildman–Crippen MR) is 88.2 cm³/mol. The van der Waals surface area contributed by atoms with Crippen molar-refractivity contribution in [1.29, 1.82) is 0 Å². The van der Waals surface area contributed by atoms with E-state index in [4.69, 9.17) is 11.6 Å². The Labute approximate surface area is 133 Å². The Morgan fingerprint density at radius 1 is 1.24 bits per heavy atom. The Morgan fingerprint density at radius 2 is 2.05 bits per heavy atom. The molecule has 0 aliphatic heterocycles. The van der Waals surface area contributed by atoms with Crippen LogP contribution in [0.25, 0.3) is 0 Å². The summed E-state index contributed by atoms with van der Waals surface area (Å²) in [6.45, 7) is 2.95. The number of hydrogen-bond donors (Lipinski definition) is 1. The summed E-state index contributed by atoms with van der Waals surface area (Å²) in [6, 6.07) is 15.9. The zero-order valence-electron chi connectivity index (χ0n) is 11.9. The van der Waals surface area contributed by atoms with Gasteiger partial charge in [0.05, 0.1) is 16.0 Å². The van der Waals surface area contributed by atoms with Crippen molar-refractivity contribution in [3.05, 3.63) is 64.7 Å². The molecule has 0 saturated heterocycles. The lowest BCUT2D eigenvalue weighted by Crippen LogP contribution is -2.31. The van der Waals surface area contributed by atoms with Crippen molar-refractivity contribution in [1.82, 2.24) is 5.32 Å². The minimum absolute atomic E-state index is 0.0563. The van der Waals surface area contributed by atoms with Crippen LogP contribution in [0.2, 0.25) is 5.02 Å². The van der Waals surface area contributed by atoms with E-state index in [1.807, 2.05) is 36.4 Å². The van der Waals surface area contributed by atoms with Crippen molar-refractivity contribution >= 4 is 22.4 Å². The molecule has 0 amide bonds. The molecule has 3 unspecified atom stereocenters. The lowest BCUT2D eigenvalue weighted by Gasteiger charge is -2.21. The monoisotopic (exact) mass is 319 g/mol. The van der Waals surface area contributed by atoms with Gasteiger partial charge in [0.25, 0.3) is 0 Å². The van der Waals surface area contributed by atoms with Gasteiger partial charge in [0.1, 0.15) is 0 Å². The minimum Gasteiger partial charge on any atom is -0.309 e. The average Bonchev–Trinajstić information content (AvgIpc) is 2.86. The van der Waals surface area contributed by atoms with Crippen molar-refractivity contribution < 1.29 is 4.21 Å². The van der Waals surface area contributed by atoms with Gasteiger partial charge in [-0.15, -0.1) is 0 Å². The summed E-state index contributed by atoms with van der Waals surface area (Å²) >= 11 is 6.03. The molecule has 0 bridgehead atoms. The van der Waals surface area contributed by atoms with E-state index in [-0.39, 0.29) is 11.3 Å². The quantitative estimate of drug-likeness (QED) is 0.930. The van der Waals surface area contributed by atoms with Gasteiger partial charge in [-0.2, -0.15) is 0 Å². The first kappa shape index (κ1) is 14.8. The molecule has 1 N–H and O–H groups in total. The fraction of sp³-hybridized carbons (Fsp3) is 0.294. The van der Waals surface area contributed by atoms with E-state index in [0.29, 0.717) is 5.02 Å². The highest BCUT2D eigenvalue weighted by atomic mass is 35.5. The molecule has 4 heteroatoms. The molecule has 3 rings (SSSR count). The van der Waals surface area contributed by atoms with Crippen LogP contribution in [0.1, 0.15) is 24.1 Å². The standard InChI is InChI=1S/C17H18ClNOS/c1-2-19-17-15-9-4-3-6-12(15)10-16(17)21(20)14-8-5-7-13(18)11-14/h3-9,11,16-17,19H,2,10H2,1H3. The zero-order chi connectivity index (χ0) is 14.8. The average molecular weight is 320 g/mol. The van der Waals surface area contributed by atoms with Crippen LogP contribution < -0.4 is 5.32 Å². The Kier molecular flexibility index (Phi) is 4.43. The van der Waals surface area contributed by atoms with Gasteiger partial charge in [-0.25, -0.2) is 0 Å². The second-order valence-corrected chi connectivity index (χ2v) is 7.34. The third-order valence-electron chi connectivity index (χ3n) is 3.91. The number of benzene rings is 2. The maximum atomic E-state index is 13.0. The number of nitrogens with one attached hydrogen (secondary N) is 1. The second kappa shape index (κ2) is 6.30. The van der Waals surface area contributed by atoms with Crippen LogP contribution in [0.5, 0.6) is 0 Å². The van der Waals surface area contributed by atoms with Crippen molar-refractivity contribution in [3.8, 4) is 0 Å². The second-order valence-electron chi connectivity index (χ2n) is 5.23. The van der Waals surface area contributed by atoms with Crippen molar-refractivity contribution in [2.45, 2.75) is 29.5 Å². The van der Waals surface area contributed by atoms with Crippen LogP contribution in [0.15, 0.2) is 53.4 Å². The smallest absolute Gasteiger partial charge is 0.0630 e. The Bertz CT molecular complexity index is 673. The summed E-state index contributed by atoms with van der Waals surface area (Å²) in [7, 11) is -1.07. The van der Waals surface area contributed by atoms with Crippen LogP contribution in [-0.4, -0.2) is 16.0 Å². The van der Waals surface area contributed by atoms with E-state index in [1.54, 1.807) is 0 Å². The van der Waals surface area contributed by atoms with Gasteiger partial charge in [-0.1, -0.05) is 48.9 Å². The molecule has 0 heterocycles. The van der Waals surface area contributed by atoms with Crippen LogP contribution in [0.4, 0.5) is 0 Å². The molecule has 1 aliphatic rings. The van der Waals surface area contributed by atoms with Crippen LogP contribution >= 0.6 is 11.6 Å². The highest BCUT2D eigenvalue weighted by Crippen LogP contribution is 2.36. The Balaban J connectivity index is 1.93. The molecule has 2 aromatic carbocycles. The van der Waals surface area contributed by atoms with E-state index in [2.05, 4.69) is 24.4 Å². The molecule has 0 spiro atoms. The van der Waals surface area contributed by atoms with Gasteiger partial charge < -0.3 is 5.32 Å². The molecule has 21 heavy (non-hydrogen) atoms. The van der Waals surface area contributed by atoms with E-state index < -0.39 is 10.8 Å². The molecule has 0 aromatic heterocycles. The molecule has 2 aromatic rings. The normalized spacial score (nSPS) is 22.0. The first-order chi connectivity index (χ1) is 10.2. The highest BCUT2D eigenvalue weighted by Gasteiger charge is 2.36. The van der Waals surface area contributed by atoms with Crippen molar-refractivity contribution in [3.63, 3.8) is 0 Å². The first-order valence-corrected chi connectivity index (χ1v) is 8.77. The van der Waals surface area contributed by atoms with E-state index >= 15 is 0 Å². The molecule has 0 saturated carbocycles. The van der Waals surface area contributed by atoms with Gasteiger partial charge in [0.15, 0.2) is 0 Å². The summed E-state index contributed by atoms with van der Waals surface area (Å²) in [6.07, 6.45) is 0.840. The van der Waals surface area contributed by atoms with Gasteiger partial charge in [0.2, 0.25) is 0 Å². The summed E-state index contributed by atoms with van der Waals surface area (Å²) in [4.78, 5) is 0.809.